The number of hydrogen-bond acceptors (Lipinski definition) is 5. The molecule has 2 aromatic rings. The maximum Gasteiger partial charge on any atom is 0.246 e. The van der Waals surface area contributed by atoms with Crippen molar-refractivity contribution < 1.29 is 23.8 Å². The van der Waals surface area contributed by atoms with E-state index in [0.717, 1.165) is 11.1 Å². The minimum Gasteiger partial charge on any atom is -0.493 e. The number of methoxy groups -OCH3 is 3. The number of nitrogens with zero attached hydrogens (tertiary/aromatic N) is 1. The van der Waals surface area contributed by atoms with Gasteiger partial charge in [-0.05, 0) is 29.7 Å². The molecule has 0 radical (unpaired) electrons. The predicted molar refractivity (Wildman–Crippen MR) is 111 cm³/mol. The number of carbonyl (C=O) groups excluding carboxylic acids is 2. The number of hydrogen-bond donors (Lipinski definition) is 1. The fourth-order valence-electron chi connectivity index (χ4n) is 4.75. The zero-order chi connectivity index (χ0) is 21.3. The van der Waals surface area contributed by atoms with Gasteiger partial charge in [-0.25, -0.2) is 0 Å². The Balaban J connectivity index is 1.79. The lowest BCUT2D eigenvalue weighted by atomic mass is 9.79. The molecule has 0 bridgehead atoms. The average molecular weight is 410 g/mol. The highest BCUT2D eigenvalue weighted by Crippen LogP contribution is 2.49. The van der Waals surface area contributed by atoms with Gasteiger partial charge in [0.25, 0.3) is 0 Å². The van der Waals surface area contributed by atoms with Crippen LogP contribution in [0.2, 0.25) is 0 Å². The summed E-state index contributed by atoms with van der Waals surface area (Å²) in [7, 11) is 4.69. The van der Waals surface area contributed by atoms with E-state index >= 15 is 0 Å². The molecule has 158 valence electrons. The fourth-order valence-corrected chi connectivity index (χ4v) is 4.75. The van der Waals surface area contributed by atoms with Crippen LogP contribution in [0.5, 0.6) is 17.2 Å². The van der Waals surface area contributed by atoms with E-state index in [0.29, 0.717) is 43.2 Å². The van der Waals surface area contributed by atoms with Gasteiger partial charge in [-0.15, -0.1) is 0 Å². The van der Waals surface area contributed by atoms with Crippen LogP contribution in [0.15, 0.2) is 42.5 Å². The Morgan fingerprint density at radius 3 is 2.30 bits per heavy atom. The van der Waals surface area contributed by atoms with Crippen molar-refractivity contribution >= 4 is 11.8 Å². The van der Waals surface area contributed by atoms with Gasteiger partial charge in [0.1, 0.15) is 5.54 Å². The lowest BCUT2D eigenvalue weighted by Crippen LogP contribution is -2.53. The summed E-state index contributed by atoms with van der Waals surface area (Å²) in [5.41, 5.74) is 0.934. The molecule has 0 aliphatic carbocycles. The molecule has 2 aromatic carbocycles. The van der Waals surface area contributed by atoms with Gasteiger partial charge in [0, 0.05) is 25.4 Å². The molecular formula is C23H26N2O5. The molecule has 1 spiro atoms. The first-order valence-electron chi connectivity index (χ1n) is 9.97. The number of rotatable bonds is 6. The van der Waals surface area contributed by atoms with Gasteiger partial charge < -0.3 is 24.4 Å². The average Bonchev–Trinajstić information content (AvgIpc) is 3.28. The second kappa shape index (κ2) is 7.89. The first kappa shape index (κ1) is 20.1. The van der Waals surface area contributed by atoms with Crippen molar-refractivity contribution in [2.75, 3.05) is 27.9 Å². The Morgan fingerprint density at radius 2 is 1.70 bits per heavy atom. The van der Waals surface area contributed by atoms with Crippen LogP contribution in [0.1, 0.15) is 29.9 Å². The largest absolute Gasteiger partial charge is 0.493 e. The van der Waals surface area contributed by atoms with Gasteiger partial charge in [-0.1, -0.05) is 30.3 Å². The molecule has 7 heteroatoms. The van der Waals surface area contributed by atoms with Crippen molar-refractivity contribution in [2.45, 2.75) is 30.8 Å². The van der Waals surface area contributed by atoms with Crippen LogP contribution >= 0.6 is 0 Å². The number of amides is 2. The van der Waals surface area contributed by atoms with E-state index in [-0.39, 0.29) is 17.7 Å². The fraction of sp³-hybridized carbons (Fsp3) is 0.391. The van der Waals surface area contributed by atoms with Crippen molar-refractivity contribution in [1.82, 2.24) is 10.2 Å². The standard InChI is InChI=1S/C23H26N2O5/c1-28-18-11-16(12-19(29-2)21(18)30-3)17-13-24-22(27)23(17)10-9-20(26)25(23)14-15-7-5-4-6-8-15/h4-8,11-12,17H,9-10,13-14H2,1-3H3,(H,24,27)/t17-,23+/m0/s1. The molecule has 1 N–H and O–H groups in total. The molecule has 2 aliphatic rings. The highest BCUT2D eigenvalue weighted by atomic mass is 16.5. The van der Waals surface area contributed by atoms with Gasteiger partial charge in [-0.3, -0.25) is 9.59 Å². The third-order valence-corrected chi connectivity index (χ3v) is 6.21. The summed E-state index contributed by atoms with van der Waals surface area (Å²) in [6.45, 7) is 0.837. The highest BCUT2D eigenvalue weighted by molar-refractivity contribution is 5.97. The van der Waals surface area contributed by atoms with E-state index in [1.165, 1.54) is 0 Å². The molecule has 0 saturated carbocycles. The molecule has 2 heterocycles. The van der Waals surface area contributed by atoms with E-state index < -0.39 is 5.54 Å². The van der Waals surface area contributed by atoms with E-state index in [9.17, 15) is 9.59 Å². The van der Waals surface area contributed by atoms with E-state index in [1.807, 2.05) is 42.5 Å². The zero-order valence-electron chi connectivity index (χ0n) is 17.4. The van der Waals surface area contributed by atoms with Crippen LogP contribution in [0.25, 0.3) is 0 Å². The molecule has 0 unspecified atom stereocenters. The normalized spacial score (nSPS) is 23.0. The van der Waals surface area contributed by atoms with Crippen LogP contribution < -0.4 is 19.5 Å². The van der Waals surface area contributed by atoms with Crippen LogP contribution in [-0.4, -0.2) is 50.1 Å². The molecule has 2 aliphatic heterocycles. The number of ether oxygens (including phenoxy) is 3. The summed E-state index contributed by atoms with van der Waals surface area (Å²) in [4.78, 5) is 27.8. The summed E-state index contributed by atoms with van der Waals surface area (Å²) in [5.74, 6) is 1.21. The summed E-state index contributed by atoms with van der Waals surface area (Å²) in [6.07, 6.45) is 0.826. The first-order valence-corrected chi connectivity index (χ1v) is 9.97. The zero-order valence-corrected chi connectivity index (χ0v) is 17.4. The van der Waals surface area contributed by atoms with Crippen LogP contribution in [0, 0.1) is 0 Å². The topological polar surface area (TPSA) is 77.1 Å². The monoisotopic (exact) mass is 410 g/mol. The minimum atomic E-state index is -0.933. The summed E-state index contributed by atoms with van der Waals surface area (Å²) in [6, 6.07) is 13.5. The second-order valence-electron chi connectivity index (χ2n) is 7.61. The maximum absolute atomic E-state index is 13.2. The molecule has 2 fully saturated rings. The molecule has 2 atom stereocenters. The van der Waals surface area contributed by atoms with Crippen molar-refractivity contribution in [1.29, 1.82) is 0 Å². The Labute approximate surface area is 175 Å². The van der Waals surface area contributed by atoms with E-state index in [4.69, 9.17) is 14.2 Å². The SMILES string of the molecule is COc1cc([C@@H]2CNC(=O)[C@@]23CCC(=O)N3Cc2ccccc2)cc(OC)c1OC. The lowest BCUT2D eigenvalue weighted by molar-refractivity contribution is -0.140. The number of benzene rings is 2. The second-order valence-corrected chi connectivity index (χ2v) is 7.61. The number of nitrogens with one attached hydrogen (secondary N) is 1. The Bertz CT molecular complexity index is 936. The third kappa shape index (κ3) is 3.05. The maximum atomic E-state index is 13.2. The summed E-state index contributed by atoms with van der Waals surface area (Å²) >= 11 is 0. The molecule has 2 saturated heterocycles. The van der Waals surface area contributed by atoms with E-state index in [1.54, 1.807) is 26.2 Å². The lowest BCUT2D eigenvalue weighted by Gasteiger charge is -2.38. The highest BCUT2D eigenvalue weighted by Gasteiger charge is 2.59. The van der Waals surface area contributed by atoms with Gasteiger partial charge in [-0.2, -0.15) is 0 Å². The quantitative estimate of drug-likeness (QED) is 0.792. The van der Waals surface area contributed by atoms with E-state index in [2.05, 4.69) is 5.32 Å². The van der Waals surface area contributed by atoms with Crippen molar-refractivity contribution in [3.05, 3.63) is 53.6 Å². The molecule has 0 aromatic heterocycles. The predicted octanol–water partition coefficient (Wildman–Crippen LogP) is 2.49. The first-order chi connectivity index (χ1) is 14.5. The van der Waals surface area contributed by atoms with Crippen molar-refractivity contribution in [2.24, 2.45) is 0 Å². The van der Waals surface area contributed by atoms with Crippen LogP contribution in [0.3, 0.4) is 0 Å². The van der Waals surface area contributed by atoms with Crippen LogP contribution in [-0.2, 0) is 16.1 Å². The Hall–Kier alpha value is -3.22. The molecule has 7 nitrogen and oxygen atoms in total. The van der Waals surface area contributed by atoms with Gasteiger partial charge in [0.05, 0.1) is 21.3 Å². The van der Waals surface area contributed by atoms with Gasteiger partial charge in [0.15, 0.2) is 11.5 Å². The molecule has 4 rings (SSSR count). The van der Waals surface area contributed by atoms with Crippen molar-refractivity contribution in [3.8, 4) is 17.2 Å². The van der Waals surface area contributed by atoms with Gasteiger partial charge in [0.2, 0.25) is 17.6 Å². The number of carbonyl (C=O) groups is 2. The summed E-state index contributed by atoms with van der Waals surface area (Å²) in [5, 5.41) is 3.00. The summed E-state index contributed by atoms with van der Waals surface area (Å²) < 4.78 is 16.5. The molecule has 2 amide bonds. The van der Waals surface area contributed by atoms with Crippen molar-refractivity contribution in [3.63, 3.8) is 0 Å². The minimum absolute atomic E-state index is 0.00616. The molecular weight excluding hydrogens is 384 g/mol. The Morgan fingerprint density at radius 1 is 1.03 bits per heavy atom. The third-order valence-electron chi connectivity index (χ3n) is 6.21. The van der Waals surface area contributed by atoms with Gasteiger partial charge >= 0.3 is 0 Å². The smallest absolute Gasteiger partial charge is 0.246 e. The number of likely N-dealkylation sites (tertiary alicyclic amines) is 1. The van der Waals surface area contributed by atoms with Crippen LogP contribution in [0.4, 0.5) is 0 Å². The molecule has 30 heavy (non-hydrogen) atoms. The Kier molecular flexibility index (Phi) is 5.28.